The van der Waals surface area contributed by atoms with Crippen molar-refractivity contribution >= 4 is 27.6 Å². The van der Waals surface area contributed by atoms with E-state index >= 15 is 0 Å². The van der Waals surface area contributed by atoms with Crippen molar-refractivity contribution in [3.05, 3.63) is 95.5 Å². The Bertz CT molecular complexity index is 1520. The summed E-state index contributed by atoms with van der Waals surface area (Å²) in [5.41, 5.74) is 8.94. The molecule has 0 amide bonds. The molecule has 5 rings (SSSR count). The van der Waals surface area contributed by atoms with Gasteiger partial charge in [-0.1, -0.05) is 56.3 Å². The van der Waals surface area contributed by atoms with E-state index < -0.39 is 0 Å². The Morgan fingerprint density at radius 2 is 1.72 bits per heavy atom. The predicted molar refractivity (Wildman–Crippen MR) is 131 cm³/mol. The molecule has 0 saturated carbocycles. The summed E-state index contributed by atoms with van der Waals surface area (Å²) < 4.78 is 8.61. The van der Waals surface area contributed by atoms with Gasteiger partial charge in [0.2, 0.25) is 11.4 Å². The lowest BCUT2D eigenvalue weighted by Gasteiger charge is -2.12. The number of hydrogen-bond donors (Lipinski definition) is 0. The standard InChI is InChI=1S/C29H25N2O/c1-18(2)20-12-14-21(15-13-20)23-17-19(3)26(25-11-6-7-16-31(25)5)29-27(23)22-9-8-10-24(30-4)28(22)32-29/h6-18H,1-3,5H3/q+1. The first kappa shape index (κ1) is 20.0. The van der Waals surface area contributed by atoms with E-state index in [0.29, 0.717) is 17.2 Å². The lowest BCUT2D eigenvalue weighted by molar-refractivity contribution is -0.660. The number of furan rings is 1. The molecule has 0 aliphatic carbocycles. The highest BCUT2D eigenvalue weighted by Gasteiger charge is 2.24. The normalized spacial score (nSPS) is 11.4. The summed E-state index contributed by atoms with van der Waals surface area (Å²) in [6, 6.07) is 23.1. The van der Waals surface area contributed by atoms with Crippen LogP contribution in [0.4, 0.5) is 5.69 Å². The van der Waals surface area contributed by atoms with Crippen LogP contribution in [-0.2, 0) is 7.05 Å². The van der Waals surface area contributed by atoms with Crippen molar-refractivity contribution in [2.75, 3.05) is 0 Å². The highest BCUT2D eigenvalue weighted by atomic mass is 16.3. The molecule has 156 valence electrons. The van der Waals surface area contributed by atoms with Crippen molar-refractivity contribution in [2.45, 2.75) is 26.7 Å². The Morgan fingerprint density at radius 3 is 2.41 bits per heavy atom. The third-order valence-electron chi connectivity index (χ3n) is 6.27. The molecule has 0 N–H and O–H groups in total. The predicted octanol–water partition coefficient (Wildman–Crippen LogP) is 7.73. The monoisotopic (exact) mass is 417 g/mol. The zero-order valence-corrected chi connectivity index (χ0v) is 18.8. The third-order valence-corrected chi connectivity index (χ3v) is 6.27. The van der Waals surface area contributed by atoms with E-state index in [-0.39, 0.29) is 0 Å². The number of hydrogen-bond acceptors (Lipinski definition) is 1. The smallest absolute Gasteiger partial charge is 0.229 e. The van der Waals surface area contributed by atoms with Gasteiger partial charge in [0.15, 0.2) is 6.20 Å². The molecule has 0 aliphatic rings. The van der Waals surface area contributed by atoms with Crippen LogP contribution in [0.25, 0.3) is 49.2 Å². The van der Waals surface area contributed by atoms with Gasteiger partial charge in [-0.15, -0.1) is 0 Å². The van der Waals surface area contributed by atoms with Crippen molar-refractivity contribution < 1.29 is 8.98 Å². The van der Waals surface area contributed by atoms with Crippen LogP contribution in [-0.4, -0.2) is 0 Å². The highest BCUT2D eigenvalue weighted by Crippen LogP contribution is 2.45. The van der Waals surface area contributed by atoms with Crippen LogP contribution in [0, 0.1) is 13.5 Å². The Hall–Kier alpha value is -3.90. The number of pyridine rings is 1. The van der Waals surface area contributed by atoms with E-state index in [1.807, 2.05) is 37.5 Å². The number of aryl methyl sites for hydroxylation is 2. The van der Waals surface area contributed by atoms with Crippen molar-refractivity contribution in [1.29, 1.82) is 0 Å². The lowest BCUT2D eigenvalue weighted by atomic mass is 9.91. The number of benzene rings is 3. The molecule has 0 aliphatic heterocycles. The number of para-hydroxylation sites is 1. The molecule has 2 aromatic heterocycles. The second kappa shape index (κ2) is 7.66. The van der Waals surface area contributed by atoms with Gasteiger partial charge in [0.25, 0.3) is 0 Å². The summed E-state index contributed by atoms with van der Waals surface area (Å²) in [4.78, 5) is 3.72. The third kappa shape index (κ3) is 3.08. The molecule has 0 bridgehead atoms. The van der Waals surface area contributed by atoms with Crippen molar-refractivity contribution in [1.82, 2.24) is 0 Å². The zero-order chi connectivity index (χ0) is 22.4. The average molecular weight is 418 g/mol. The van der Waals surface area contributed by atoms with Crippen LogP contribution in [0.1, 0.15) is 30.9 Å². The van der Waals surface area contributed by atoms with Gasteiger partial charge in [-0.05, 0) is 47.2 Å². The Balaban J connectivity index is 1.92. The minimum absolute atomic E-state index is 0.488. The first-order chi connectivity index (χ1) is 15.5. The molecule has 3 aromatic carbocycles. The fourth-order valence-electron chi connectivity index (χ4n) is 4.55. The van der Waals surface area contributed by atoms with Crippen LogP contribution < -0.4 is 4.57 Å². The fraction of sp³-hybridized carbons (Fsp3) is 0.172. The molecule has 0 atom stereocenters. The topological polar surface area (TPSA) is 21.4 Å². The van der Waals surface area contributed by atoms with Crippen LogP contribution in [0.2, 0.25) is 0 Å². The van der Waals surface area contributed by atoms with E-state index in [9.17, 15) is 0 Å². The van der Waals surface area contributed by atoms with Gasteiger partial charge in [0.1, 0.15) is 18.2 Å². The molecule has 0 spiro atoms. The first-order valence-electron chi connectivity index (χ1n) is 10.9. The van der Waals surface area contributed by atoms with Crippen LogP contribution in [0.15, 0.2) is 77.3 Å². The number of fused-ring (bicyclic) bond motifs is 3. The summed E-state index contributed by atoms with van der Waals surface area (Å²) in [7, 11) is 2.05. The van der Waals surface area contributed by atoms with Gasteiger partial charge in [-0.3, -0.25) is 0 Å². The van der Waals surface area contributed by atoms with Gasteiger partial charge in [-0.2, -0.15) is 0 Å². The Morgan fingerprint density at radius 1 is 0.938 bits per heavy atom. The van der Waals surface area contributed by atoms with Crippen molar-refractivity contribution in [2.24, 2.45) is 7.05 Å². The molecular formula is C29H25N2O+. The lowest BCUT2D eigenvalue weighted by Crippen LogP contribution is -2.30. The fourth-order valence-corrected chi connectivity index (χ4v) is 4.55. The molecule has 3 heteroatoms. The van der Waals surface area contributed by atoms with Gasteiger partial charge in [0.05, 0.1) is 12.1 Å². The summed E-state index contributed by atoms with van der Waals surface area (Å²) in [6.45, 7) is 14.2. The second-order valence-corrected chi connectivity index (χ2v) is 8.66. The van der Waals surface area contributed by atoms with Gasteiger partial charge in [-0.25, -0.2) is 9.41 Å². The second-order valence-electron chi connectivity index (χ2n) is 8.66. The minimum atomic E-state index is 0.488. The largest absolute Gasteiger partial charge is 0.466 e. The van der Waals surface area contributed by atoms with Crippen LogP contribution in [0.3, 0.4) is 0 Å². The minimum Gasteiger partial charge on any atom is -0.466 e. The van der Waals surface area contributed by atoms with E-state index in [4.69, 9.17) is 11.0 Å². The van der Waals surface area contributed by atoms with E-state index in [1.165, 1.54) is 5.56 Å². The molecular weight excluding hydrogens is 392 g/mol. The maximum absolute atomic E-state index is 7.64. The van der Waals surface area contributed by atoms with Crippen LogP contribution >= 0.6 is 0 Å². The quantitative estimate of drug-likeness (QED) is 0.217. The van der Waals surface area contributed by atoms with E-state index in [2.05, 4.69) is 72.6 Å². The molecule has 0 fully saturated rings. The summed E-state index contributed by atoms with van der Waals surface area (Å²) in [5.74, 6) is 0.488. The van der Waals surface area contributed by atoms with Crippen molar-refractivity contribution in [3.8, 4) is 22.4 Å². The van der Waals surface area contributed by atoms with Gasteiger partial charge < -0.3 is 4.42 Å². The van der Waals surface area contributed by atoms with Gasteiger partial charge >= 0.3 is 0 Å². The molecule has 0 saturated heterocycles. The highest BCUT2D eigenvalue weighted by molar-refractivity contribution is 6.18. The zero-order valence-electron chi connectivity index (χ0n) is 18.8. The SMILES string of the molecule is [C-]#[N+]c1cccc2c1oc1c(-c3cccc[n+]3C)c(C)cc(-c3ccc(C(C)C)cc3)c12. The molecule has 3 nitrogen and oxygen atoms in total. The number of aromatic nitrogens is 1. The number of rotatable bonds is 3. The Labute approximate surface area is 188 Å². The molecule has 0 unspecified atom stereocenters. The summed E-state index contributed by atoms with van der Waals surface area (Å²) in [5, 5.41) is 2.04. The maximum atomic E-state index is 7.64. The molecule has 32 heavy (non-hydrogen) atoms. The maximum Gasteiger partial charge on any atom is 0.229 e. The summed E-state index contributed by atoms with van der Waals surface area (Å²) in [6.07, 6.45) is 2.05. The van der Waals surface area contributed by atoms with E-state index in [0.717, 1.165) is 44.3 Å². The van der Waals surface area contributed by atoms with Crippen LogP contribution in [0.5, 0.6) is 0 Å². The number of nitrogens with zero attached hydrogens (tertiary/aromatic N) is 2. The Kier molecular flexibility index (Phi) is 4.79. The molecule has 0 radical (unpaired) electrons. The average Bonchev–Trinajstić information content (AvgIpc) is 3.19. The molecule has 2 heterocycles. The van der Waals surface area contributed by atoms with E-state index in [1.54, 1.807) is 0 Å². The summed E-state index contributed by atoms with van der Waals surface area (Å²) >= 11 is 0. The van der Waals surface area contributed by atoms with Crippen molar-refractivity contribution in [3.63, 3.8) is 0 Å². The van der Waals surface area contributed by atoms with Gasteiger partial charge in [0, 0.05) is 22.9 Å². The first-order valence-corrected chi connectivity index (χ1v) is 10.9. The molecule has 5 aromatic rings.